The van der Waals surface area contributed by atoms with Crippen molar-refractivity contribution < 1.29 is 13.9 Å². The number of aromatic nitrogens is 2. The minimum Gasteiger partial charge on any atom is -0.452 e. The van der Waals surface area contributed by atoms with Crippen LogP contribution in [0, 0.1) is 0 Å². The van der Waals surface area contributed by atoms with Gasteiger partial charge in [0.1, 0.15) is 0 Å². The van der Waals surface area contributed by atoms with Crippen LogP contribution in [0.5, 0.6) is 0 Å². The summed E-state index contributed by atoms with van der Waals surface area (Å²) in [5.74, 6) is -0.221. The van der Waals surface area contributed by atoms with Crippen LogP contribution in [0.4, 0.5) is 0 Å². The van der Waals surface area contributed by atoms with Crippen molar-refractivity contribution in [2.45, 2.75) is 6.61 Å². The number of nitrogens with zero attached hydrogens (tertiary/aromatic N) is 2. The van der Waals surface area contributed by atoms with Gasteiger partial charge in [-0.25, -0.2) is 4.79 Å². The van der Waals surface area contributed by atoms with E-state index in [0.717, 1.165) is 0 Å². The van der Waals surface area contributed by atoms with Gasteiger partial charge in [-0.2, -0.15) is 0 Å². The highest BCUT2D eigenvalue weighted by Crippen LogP contribution is 2.25. The van der Waals surface area contributed by atoms with Gasteiger partial charge in [0.05, 0.1) is 15.6 Å². The number of carbonyl (C=O) groups excluding carboxylic acids is 1. The van der Waals surface area contributed by atoms with E-state index in [0.29, 0.717) is 16.5 Å². The third-order valence-corrected chi connectivity index (χ3v) is 3.93. The summed E-state index contributed by atoms with van der Waals surface area (Å²) in [6.45, 7) is -0.193. The molecule has 1 aromatic heterocycles. The first-order valence-electron chi connectivity index (χ1n) is 6.74. The summed E-state index contributed by atoms with van der Waals surface area (Å²) in [6.07, 6.45) is 0. The molecule has 0 saturated carbocycles. The van der Waals surface area contributed by atoms with Gasteiger partial charge in [0.15, 0.2) is 6.61 Å². The standard InChI is InChI=1S/C16H9Cl3N2O3/c17-10-6-4-9(5-7-10)15-21-20-13(24-15)8-23-16(22)14-11(18)2-1-3-12(14)19/h1-7H,8H2. The van der Waals surface area contributed by atoms with E-state index in [2.05, 4.69) is 10.2 Å². The SMILES string of the molecule is O=C(OCc1nnc(-c2ccc(Cl)cc2)o1)c1c(Cl)cccc1Cl. The van der Waals surface area contributed by atoms with Crippen molar-refractivity contribution in [1.82, 2.24) is 10.2 Å². The number of benzene rings is 2. The fourth-order valence-corrected chi connectivity index (χ4v) is 2.59. The molecule has 0 N–H and O–H groups in total. The van der Waals surface area contributed by atoms with Gasteiger partial charge in [0.2, 0.25) is 5.89 Å². The van der Waals surface area contributed by atoms with Gasteiger partial charge in [0, 0.05) is 10.6 Å². The Kier molecular flexibility index (Phi) is 5.04. The minimum absolute atomic E-state index is 0.0956. The first-order valence-corrected chi connectivity index (χ1v) is 7.87. The smallest absolute Gasteiger partial charge is 0.341 e. The predicted octanol–water partition coefficient (Wildman–Crippen LogP) is 5.05. The summed E-state index contributed by atoms with van der Waals surface area (Å²) in [5.41, 5.74) is 0.803. The zero-order valence-electron chi connectivity index (χ0n) is 12.0. The molecule has 0 spiro atoms. The van der Waals surface area contributed by atoms with Crippen LogP contribution >= 0.6 is 34.8 Å². The van der Waals surface area contributed by atoms with E-state index in [1.54, 1.807) is 42.5 Å². The molecule has 1 heterocycles. The summed E-state index contributed by atoms with van der Waals surface area (Å²) < 4.78 is 10.6. The highest BCUT2D eigenvalue weighted by atomic mass is 35.5. The second-order valence-corrected chi connectivity index (χ2v) is 5.93. The Balaban J connectivity index is 1.69. The van der Waals surface area contributed by atoms with Crippen LogP contribution in [0.25, 0.3) is 11.5 Å². The molecule has 0 aliphatic rings. The molecule has 0 unspecified atom stereocenters. The lowest BCUT2D eigenvalue weighted by atomic mass is 10.2. The van der Waals surface area contributed by atoms with Crippen LogP contribution in [-0.2, 0) is 11.3 Å². The quantitative estimate of drug-likeness (QED) is 0.590. The zero-order chi connectivity index (χ0) is 17.1. The van der Waals surface area contributed by atoms with E-state index in [-0.39, 0.29) is 28.1 Å². The van der Waals surface area contributed by atoms with E-state index < -0.39 is 5.97 Å². The van der Waals surface area contributed by atoms with Gasteiger partial charge in [-0.3, -0.25) is 0 Å². The zero-order valence-corrected chi connectivity index (χ0v) is 14.3. The molecule has 0 fully saturated rings. The van der Waals surface area contributed by atoms with Crippen molar-refractivity contribution in [1.29, 1.82) is 0 Å². The maximum Gasteiger partial charge on any atom is 0.341 e. The van der Waals surface area contributed by atoms with Gasteiger partial charge in [-0.05, 0) is 36.4 Å². The summed E-state index contributed by atoms with van der Waals surface area (Å²) >= 11 is 17.7. The summed E-state index contributed by atoms with van der Waals surface area (Å²) in [6, 6.07) is 11.6. The highest BCUT2D eigenvalue weighted by molar-refractivity contribution is 6.39. The van der Waals surface area contributed by atoms with Gasteiger partial charge < -0.3 is 9.15 Å². The summed E-state index contributed by atoms with van der Waals surface area (Å²) in [7, 11) is 0. The molecule has 0 saturated heterocycles. The van der Waals surface area contributed by atoms with Crippen LogP contribution < -0.4 is 0 Å². The van der Waals surface area contributed by atoms with E-state index >= 15 is 0 Å². The molecule has 2 aromatic carbocycles. The van der Waals surface area contributed by atoms with Crippen molar-refractivity contribution in [3.8, 4) is 11.5 Å². The monoisotopic (exact) mass is 382 g/mol. The third-order valence-electron chi connectivity index (χ3n) is 3.05. The third kappa shape index (κ3) is 3.70. The first-order chi connectivity index (χ1) is 11.5. The van der Waals surface area contributed by atoms with Crippen LogP contribution in [-0.4, -0.2) is 16.2 Å². The van der Waals surface area contributed by atoms with Crippen molar-refractivity contribution in [2.75, 3.05) is 0 Å². The Bertz CT molecular complexity index is 858. The molecule has 0 atom stereocenters. The minimum atomic E-state index is -0.670. The molecule has 3 rings (SSSR count). The molecule has 8 heteroatoms. The molecule has 0 radical (unpaired) electrons. The van der Waals surface area contributed by atoms with Gasteiger partial charge in [-0.1, -0.05) is 40.9 Å². The Hall–Kier alpha value is -2.08. The van der Waals surface area contributed by atoms with Crippen LogP contribution in [0.3, 0.4) is 0 Å². The highest BCUT2D eigenvalue weighted by Gasteiger charge is 2.17. The molecular formula is C16H9Cl3N2O3. The Morgan fingerprint density at radius 1 is 1.00 bits per heavy atom. The largest absolute Gasteiger partial charge is 0.452 e. The maximum atomic E-state index is 12.1. The second-order valence-electron chi connectivity index (χ2n) is 4.68. The molecule has 24 heavy (non-hydrogen) atoms. The Morgan fingerprint density at radius 2 is 1.67 bits per heavy atom. The van der Waals surface area contributed by atoms with Crippen molar-refractivity contribution in [2.24, 2.45) is 0 Å². The number of rotatable bonds is 4. The normalized spacial score (nSPS) is 10.6. The summed E-state index contributed by atoms with van der Waals surface area (Å²) in [5, 5.41) is 8.75. The number of hydrogen-bond acceptors (Lipinski definition) is 5. The number of esters is 1. The fraction of sp³-hybridized carbons (Fsp3) is 0.0625. The molecular weight excluding hydrogens is 375 g/mol. The number of hydrogen-bond donors (Lipinski definition) is 0. The number of ether oxygens (including phenoxy) is 1. The van der Waals surface area contributed by atoms with E-state index in [9.17, 15) is 4.79 Å². The number of carbonyl (C=O) groups is 1. The van der Waals surface area contributed by atoms with E-state index in [4.69, 9.17) is 44.0 Å². The van der Waals surface area contributed by atoms with E-state index in [1.807, 2.05) is 0 Å². The lowest BCUT2D eigenvalue weighted by Gasteiger charge is -2.05. The van der Waals surface area contributed by atoms with E-state index in [1.165, 1.54) is 0 Å². The molecule has 0 aliphatic carbocycles. The topological polar surface area (TPSA) is 65.2 Å². The predicted molar refractivity (Wildman–Crippen MR) is 90.3 cm³/mol. The molecule has 5 nitrogen and oxygen atoms in total. The van der Waals surface area contributed by atoms with Gasteiger partial charge >= 0.3 is 5.97 Å². The average molecular weight is 384 g/mol. The van der Waals surface area contributed by atoms with Crippen LogP contribution in [0.2, 0.25) is 15.1 Å². The van der Waals surface area contributed by atoms with Crippen molar-refractivity contribution in [3.05, 3.63) is 69.0 Å². The average Bonchev–Trinajstić information content (AvgIpc) is 3.02. The number of halogens is 3. The van der Waals surface area contributed by atoms with Gasteiger partial charge in [-0.15, -0.1) is 10.2 Å². The molecule has 0 amide bonds. The molecule has 0 aliphatic heterocycles. The summed E-state index contributed by atoms with van der Waals surface area (Å²) in [4.78, 5) is 12.1. The Labute approximate surface area is 152 Å². The second kappa shape index (κ2) is 7.21. The fourth-order valence-electron chi connectivity index (χ4n) is 1.91. The lowest BCUT2D eigenvalue weighted by Crippen LogP contribution is -2.07. The molecule has 0 bridgehead atoms. The first kappa shape index (κ1) is 16.8. The molecule has 122 valence electrons. The maximum absolute atomic E-state index is 12.1. The molecule has 3 aromatic rings. The van der Waals surface area contributed by atoms with Crippen LogP contribution in [0.1, 0.15) is 16.2 Å². The van der Waals surface area contributed by atoms with Gasteiger partial charge in [0.25, 0.3) is 5.89 Å². The Morgan fingerprint density at radius 3 is 2.33 bits per heavy atom. The van der Waals surface area contributed by atoms with Crippen molar-refractivity contribution in [3.63, 3.8) is 0 Å². The van der Waals surface area contributed by atoms with Crippen molar-refractivity contribution >= 4 is 40.8 Å². The van der Waals surface area contributed by atoms with Crippen LogP contribution in [0.15, 0.2) is 46.9 Å². The lowest BCUT2D eigenvalue weighted by molar-refractivity contribution is 0.0439.